The summed E-state index contributed by atoms with van der Waals surface area (Å²) in [5.41, 5.74) is 1.12. The lowest BCUT2D eigenvalue weighted by Gasteiger charge is -2.22. The lowest BCUT2D eigenvalue weighted by Crippen LogP contribution is -2.12. The number of imidazole rings is 1. The van der Waals surface area contributed by atoms with Crippen molar-refractivity contribution in [1.29, 1.82) is 0 Å². The van der Waals surface area contributed by atoms with Crippen LogP contribution in [0.2, 0.25) is 0 Å². The van der Waals surface area contributed by atoms with Crippen molar-refractivity contribution >= 4 is 17.7 Å². The highest BCUT2D eigenvalue weighted by Gasteiger charge is 2.24. The molecule has 1 aliphatic carbocycles. The van der Waals surface area contributed by atoms with Crippen LogP contribution in [0.3, 0.4) is 0 Å². The van der Waals surface area contributed by atoms with Gasteiger partial charge in [-0.25, -0.2) is 9.78 Å². The molecule has 1 aliphatic rings. The summed E-state index contributed by atoms with van der Waals surface area (Å²) in [5.74, 6) is 0.158. The fourth-order valence-corrected chi connectivity index (χ4v) is 3.68. The van der Waals surface area contributed by atoms with Crippen LogP contribution >= 0.6 is 0 Å². The summed E-state index contributed by atoms with van der Waals surface area (Å²) in [4.78, 5) is 26.9. The standard InChI is InChI=1S/C20H23N3O4/c1-2-15(20(24)25)12-14-8-9-17(18(13-14)23(26)27)22-11-10-21-19(22)16-6-4-3-5-7-16/h8-13,16H,2-7H2,1H3,(H,24,25)/b15-12+. The van der Waals surface area contributed by atoms with Crippen LogP contribution in [0.5, 0.6) is 0 Å². The third-order valence-electron chi connectivity index (χ3n) is 5.09. The molecule has 3 rings (SSSR count). The molecule has 0 bridgehead atoms. The number of nitrogens with zero attached hydrogens (tertiary/aromatic N) is 3. The fourth-order valence-electron chi connectivity index (χ4n) is 3.68. The molecule has 2 aromatic rings. The van der Waals surface area contributed by atoms with Crippen molar-refractivity contribution in [2.45, 2.75) is 51.4 Å². The maximum atomic E-state index is 11.7. The Morgan fingerprint density at radius 1 is 1.37 bits per heavy atom. The molecular formula is C20H23N3O4. The van der Waals surface area contributed by atoms with Crippen molar-refractivity contribution in [3.05, 3.63) is 57.7 Å². The first-order chi connectivity index (χ1) is 13.0. The maximum absolute atomic E-state index is 11.7. The molecule has 0 atom stereocenters. The van der Waals surface area contributed by atoms with Gasteiger partial charge < -0.3 is 5.11 Å². The average Bonchev–Trinajstić information content (AvgIpc) is 3.16. The predicted octanol–water partition coefficient (Wildman–Crippen LogP) is 4.71. The van der Waals surface area contributed by atoms with E-state index in [0.29, 0.717) is 23.6 Å². The van der Waals surface area contributed by atoms with Crippen LogP contribution in [-0.4, -0.2) is 25.6 Å². The minimum atomic E-state index is -1.02. The van der Waals surface area contributed by atoms with Gasteiger partial charge in [-0.2, -0.15) is 0 Å². The number of carbonyl (C=O) groups is 1. The van der Waals surface area contributed by atoms with Crippen LogP contribution in [0.15, 0.2) is 36.2 Å². The van der Waals surface area contributed by atoms with E-state index in [1.165, 1.54) is 18.6 Å². The van der Waals surface area contributed by atoms with E-state index in [1.54, 1.807) is 36.0 Å². The van der Waals surface area contributed by atoms with E-state index in [0.717, 1.165) is 31.5 Å². The van der Waals surface area contributed by atoms with Crippen LogP contribution in [0.1, 0.15) is 62.8 Å². The number of carboxylic acids is 1. The molecule has 1 aromatic carbocycles. The van der Waals surface area contributed by atoms with Gasteiger partial charge in [0.05, 0.1) is 4.92 Å². The Labute approximate surface area is 157 Å². The van der Waals surface area contributed by atoms with E-state index in [-0.39, 0.29) is 11.3 Å². The molecular weight excluding hydrogens is 346 g/mol. The summed E-state index contributed by atoms with van der Waals surface area (Å²) in [6.07, 6.45) is 10.9. The molecule has 1 saturated carbocycles. The molecule has 0 aliphatic heterocycles. The lowest BCUT2D eigenvalue weighted by atomic mass is 9.88. The summed E-state index contributed by atoms with van der Waals surface area (Å²) in [6, 6.07) is 4.82. The topological polar surface area (TPSA) is 98.3 Å². The predicted molar refractivity (Wildman–Crippen MR) is 102 cm³/mol. The van der Waals surface area contributed by atoms with Gasteiger partial charge >= 0.3 is 5.97 Å². The Morgan fingerprint density at radius 3 is 2.74 bits per heavy atom. The summed E-state index contributed by atoms with van der Waals surface area (Å²) < 4.78 is 1.81. The van der Waals surface area contributed by atoms with Gasteiger partial charge in [-0.3, -0.25) is 14.7 Å². The fraction of sp³-hybridized carbons (Fsp3) is 0.400. The highest BCUT2D eigenvalue weighted by Crippen LogP contribution is 2.34. The van der Waals surface area contributed by atoms with Crippen molar-refractivity contribution in [2.75, 3.05) is 0 Å². The zero-order valence-electron chi connectivity index (χ0n) is 15.3. The zero-order chi connectivity index (χ0) is 19.4. The molecule has 7 heteroatoms. The number of aliphatic carboxylic acids is 1. The second-order valence-corrected chi connectivity index (χ2v) is 6.82. The SMILES string of the molecule is CC/C(=C\c1ccc(-n2ccnc2C2CCCCC2)c([N+](=O)[O-])c1)C(=O)O. The zero-order valence-corrected chi connectivity index (χ0v) is 15.3. The number of aromatic nitrogens is 2. The number of nitro groups is 1. The second kappa shape index (κ2) is 8.16. The largest absolute Gasteiger partial charge is 0.478 e. The van der Waals surface area contributed by atoms with Gasteiger partial charge in [-0.1, -0.05) is 32.3 Å². The van der Waals surface area contributed by atoms with Gasteiger partial charge in [0.2, 0.25) is 0 Å². The number of hydrogen-bond donors (Lipinski definition) is 1. The highest BCUT2D eigenvalue weighted by molar-refractivity contribution is 5.92. The summed E-state index contributed by atoms with van der Waals surface area (Å²) in [5, 5.41) is 20.9. The van der Waals surface area contributed by atoms with Crippen molar-refractivity contribution in [1.82, 2.24) is 9.55 Å². The van der Waals surface area contributed by atoms with Gasteiger partial charge in [0.15, 0.2) is 0 Å². The number of rotatable bonds is 6. The van der Waals surface area contributed by atoms with Gasteiger partial charge in [-0.15, -0.1) is 0 Å². The molecule has 0 amide bonds. The highest BCUT2D eigenvalue weighted by atomic mass is 16.6. The minimum absolute atomic E-state index is 0.0559. The summed E-state index contributed by atoms with van der Waals surface area (Å²) in [6.45, 7) is 1.74. The monoisotopic (exact) mass is 369 g/mol. The first-order valence-electron chi connectivity index (χ1n) is 9.27. The van der Waals surface area contributed by atoms with E-state index in [2.05, 4.69) is 4.98 Å². The maximum Gasteiger partial charge on any atom is 0.331 e. The van der Waals surface area contributed by atoms with E-state index in [1.807, 2.05) is 0 Å². The van der Waals surface area contributed by atoms with Gasteiger partial charge in [-0.05, 0) is 37.0 Å². The number of carboxylic acid groups (broad SMARTS) is 1. The molecule has 0 saturated heterocycles. The Morgan fingerprint density at radius 2 is 2.11 bits per heavy atom. The number of benzene rings is 1. The van der Waals surface area contributed by atoms with Crippen molar-refractivity contribution in [3.8, 4) is 5.69 Å². The molecule has 27 heavy (non-hydrogen) atoms. The Hall–Kier alpha value is -2.96. The molecule has 0 spiro atoms. The van der Waals surface area contributed by atoms with Gasteiger partial charge in [0.25, 0.3) is 5.69 Å². The molecule has 1 N–H and O–H groups in total. The summed E-state index contributed by atoms with van der Waals surface area (Å²) >= 11 is 0. The number of hydrogen-bond acceptors (Lipinski definition) is 4. The number of nitro benzene ring substituents is 1. The van der Waals surface area contributed by atoms with Crippen LogP contribution in [0.25, 0.3) is 11.8 Å². The average molecular weight is 369 g/mol. The van der Waals surface area contributed by atoms with Crippen LogP contribution < -0.4 is 0 Å². The third-order valence-corrected chi connectivity index (χ3v) is 5.09. The normalized spacial score (nSPS) is 15.7. The second-order valence-electron chi connectivity index (χ2n) is 6.82. The lowest BCUT2D eigenvalue weighted by molar-refractivity contribution is -0.384. The van der Waals surface area contributed by atoms with Crippen molar-refractivity contribution in [2.24, 2.45) is 0 Å². The van der Waals surface area contributed by atoms with E-state index in [4.69, 9.17) is 0 Å². The van der Waals surface area contributed by atoms with Crippen molar-refractivity contribution in [3.63, 3.8) is 0 Å². The Balaban J connectivity index is 2.03. The van der Waals surface area contributed by atoms with Crippen LogP contribution in [0, 0.1) is 10.1 Å². The molecule has 7 nitrogen and oxygen atoms in total. The first-order valence-corrected chi connectivity index (χ1v) is 9.27. The van der Waals surface area contributed by atoms with E-state index in [9.17, 15) is 20.0 Å². The summed E-state index contributed by atoms with van der Waals surface area (Å²) in [7, 11) is 0. The van der Waals surface area contributed by atoms with Crippen LogP contribution in [-0.2, 0) is 4.79 Å². The Kier molecular flexibility index (Phi) is 5.69. The van der Waals surface area contributed by atoms with E-state index >= 15 is 0 Å². The third kappa shape index (κ3) is 4.07. The van der Waals surface area contributed by atoms with Crippen molar-refractivity contribution < 1.29 is 14.8 Å². The Bertz CT molecular complexity index is 879. The molecule has 0 radical (unpaired) electrons. The molecule has 1 aromatic heterocycles. The molecule has 1 heterocycles. The van der Waals surface area contributed by atoms with Gasteiger partial charge in [0, 0.05) is 30.0 Å². The molecule has 0 unspecified atom stereocenters. The minimum Gasteiger partial charge on any atom is -0.478 e. The van der Waals surface area contributed by atoms with Gasteiger partial charge in [0.1, 0.15) is 11.5 Å². The van der Waals surface area contributed by atoms with Crippen LogP contribution in [0.4, 0.5) is 5.69 Å². The smallest absolute Gasteiger partial charge is 0.331 e. The van der Waals surface area contributed by atoms with E-state index < -0.39 is 10.9 Å². The molecule has 142 valence electrons. The first kappa shape index (κ1) is 18.8. The molecule has 1 fully saturated rings. The quantitative estimate of drug-likeness (QED) is 0.452.